The van der Waals surface area contributed by atoms with Crippen LogP contribution in [0.3, 0.4) is 0 Å². The Balaban J connectivity index is 1.81. The SMILES string of the molecule is CC(=O)c1cccc(-c2ccc3c(c2)C(=O)N(C)CC2CNCC32)c1. The first-order chi connectivity index (χ1) is 12.0. The van der Waals surface area contributed by atoms with E-state index >= 15 is 0 Å². The summed E-state index contributed by atoms with van der Waals surface area (Å²) < 4.78 is 0. The van der Waals surface area contributed by atoms with Gasteiger partial charge in [0.2, 0.25) is 0 Å². The number of amides is 1. The summed E-state index contributed by atoms with van der Waals surface area (Å²) in [5, 5.41) is 3.46. The Bertz CT molecular complexity index is 859. The van der Waals surface area contributed by atoms with Crippen LogP contribution < -0.4 is 5.32 Å². The normalized spacial score (nSPS) is 22.3. The summed E-state index contributed by atoms with van der Waals surface area (Å²) in [5.74, 6) is 1.00. The number of carbonyl (C=O) groups excluding carboxylic acids is 2. The highest BCUT2D eigenvalue weighted by molar-refractivity contribution is 5.98. The van der Waals surface area contributed by atoms with Gasteiger partial charge in [-0.25, -0.2) is 0 Å². The van der Waals surface area contributed by atoms with E-state index in [4.69, 9.17) is 0 Å². The lowest BCUT2D eigenvalue weighted by Gasteiger charge is -2.19. The Kier molecular flexibility index (Phi) is 3.92. The van der Waals surface area contributed by atoms with Gasteiger partial charge in [0, 0.05) is 43.7 Å². The van der Waals surface area contributed by atoms with Gasteiger partial charge in [-0.05, 0) is 41.7 Å². The molecule has 0 spiro atoms. The van der Waals surface area contributed by atoms with E-state index in [0.717, 1.165) is 41.9 Å². The summed E-state index contributed by atoms with van der Waals surface area (Å²) >= 11 is 0. The average Bonchev–Trinajstić information content (AvgIpc) is 3.05. The fourth-order valence-corrected chi connectivity index (χ4v) is 4.09. The maximum atomic E-state index is 12.9. The average molecular weight is 334 g/mol. The Morgan fingerprint density at radius 2 is 1.92 bits per heavy atom. The Hall–Kier alpha value is -2.46. The molecule has 2 aromatic carbocycles. The third-order valence-electron chi connectivity index (χ3n) is 5.48. The van der Waals surface area contributed by atoms with Gasteiger partial charge >= 0.3 is 0 Å². The van der Waals surface area contributed by atoms with Gasteiger partial charge in [0.25, 0.3) is 5.91 Å². The van der Waals surface area contributed by atoms with E-state index in [-0.39, 0.29) is 11.7 Å². The maximum absolute atomic E-state index is 12.9. The number of rotatable bonds is 2. The zero-order chi connectivity index (χ0) is 17.6. The molecule has 0 aromatic heterocycles. The quantitative estimate of drug-likeness (QED) is 0.859. The molecule has 2 aliphatic rings. The zero-order valence-electron chi connectivity index (χ0n) is 14.6. The van der Waals surface area contributed by atoms with Gasteiger partial charge in [0.15, 0.2) is 5.78 Å². The molecular weight excluding hydrogens is 312 g/mol. The number of ketones is 1. The van der Waals surface area contributed by atoms with E-state index in [1.807, 2.05) is 42.3 Å². The standard InChI is InChI=1S/C21H22N2O2/c1-13(24)14-4-3-5-15(8-14)16-6-7-18-19(9-16)21(25)23(2)12-17-10-22-11-20(17)18/h3-9,17,20,22H,10-12H2,1-2H3. The largest absolute Gasteiger partial charge is 0.341 e. The van der Waals surface area contributed by atoms with Gasteiger partial charge in [-0.3, -0.25) is 9.59 Å². The first-order valence-corrected chi connectivity index (χ1v) is 8.76. The zero-order valence-corrected chi connectivity index (χ0v) is 14.6. The molecule has 2 unspecified atom stereocenters. The molecule has 0 bridgehead atoms. The highest BCUT2D eigenvalue weighted by Gasteiger charge is 2.36. The summed E-state index contributed by atoms with van der Waals surface area (Å²) in [6.45, 7) is 4.25. The Morgan fingerprint density at radius 1 is 1.12 bits per heavy atom. The van der Waals surface area contributed by atoms with E-state index in [0.29, 0.717) is 17.4 Å². The molecule has 0 saturated carbocycles. The van der Waals surface area contributed by atoms with Crippen LogP contribution in [0.4, 0.5) is 0 Å². The predicted molar refractivity (Wildman–Crippen MR) is 97.9 cm³/mol. The number of benzene rings is 2. The molecule has 2 heterocycles. The van der Waals surface area contributed by atoms with E-state index in [2.05, 4.69) is 17.4 Å². The van der Waals surface area contributed by atoms with E-state index in [1.165, 1.54) is 0 Å². The van der Waals surface area contributed by atoms with Crippen molar-refractivity contribution in [3.05, 3.63) is 59.2 Å². The lowest BCUT2D eigenvalue weighted by atomic mass is 9.86. The highest BCUT2D eigenvalue weighted by atomic mass is 16.2. The predicted octanol–water partition coefficient (Wildman–Crippen LogP) is 2.94. The molecule has 0 aliphatic carbocycles. The molecule has 2 atom stereocenters. The monoisotopic (exact) mass is 334 g/mol. The van der Waals surface area contributed by atoms with E-state index < -0.39 is 0 Å². The van der Waals surface area contributed by atoms with E-state index in [1.54, 1.807) is 6.92 Å². The summed E-state index contributed by atoms with van der Waals surface area (Å²) in [6.07, 6.45) is 0. The van der Waals surface area contributed by atoms with Crippen LogP contribution in [-0.2, 0) is 0 Å². The second-order valence-corrected chi connectivity index (χ2v) is 7.15. The van der Waals surface area contributed by atoms with Crippen molar-refractivity contribution in [3.63, 3.8) is 0 Å². The lowest BCUT2D eigenvalue weighted by Crippen LogP contribution is -2.31. The van der Waals surface area contributed by atoms with Gasteiger partial charge < -0.3 is 10.2 Å². The van der Waals surface area contributed by atoms with Crippen LogP contribution in [-0.4, -0.2) is 43.3 Å². The molecule has 4 heteroatoms. The molecule has 4 rings (SSSR count). The van der Waals surface area contributed by atoms with Crippen LogP contribution in [0.1, 0.15) is 39.1 Å². The van der Waals surface area contributed by atoms with Crippen molar-refractivity contribution in [2.75, 3.05) is 26.7 Å². The van der Waals surface area contributed by atoms with Crippen molar-refractivity contribution in [3.8, 4) is 11.1 Å². The van der Waals surface area contributed by atoms with Crippen LogP contribution in [0, 0.1) is 5.92 Å². The topological polar surface area (TPSA) is 49.4 Å². The molecule has 2 aliphatic heterocycles. The first kappa shape index (κ1) is 16.0. The van der Waals surface area contributed by atoms with Crippen LogP contribution in [0.15, 0.2) is 42.5 Å². The van der Waals surface area contributed by atoms with Crippen molar-refractivity contribution in [1.82, 2.24) is 10.2 Å². The van der Waals surface area contributed by atoms with Crippen molar-refractivity contribution in [2.45, 2.75) is 12.8 Å². The van der Waals surface area contributed by atoms with Crippen molar-refractivity contribution in [2.24, 2.45) is 5.92 Å². The molecule has 1 N–H and O–H groups in total. The number of fused-ring (bicyclic) bond motifs is 3. The minimum absolute atomic E-state index is 0.0484. The van der Waals surface area contributed by atoms with E-state index in [9.17, 15) is 9.59 Å². The van der Waals surface area contributed by atoms with Gasteiger partial charge in [0.05, 0.1) is 0 Å². The minimum atomic E-state index is 0.0484. The second kappa shape index (κ2) is 6.12. The van der Waals surface area contributed by atoms with Crippen LogP contribution in [0.5, 0.6) is 0 Å². The first-order valence-electron chi connectivity index (χ1n) is 8.76. The number of nitrogens with one attached hydrogen (secondary N) is 1. The smallest absolute Gasteiger partial charge is 0.253 e. The van der Waals surface area contributed by atoms with Crippen LogP contribution in [0.2, 0.25) is 0 Å². The number of hydrogen-bond donors (Lipinski definition) is 1. The van der Waals surface area contributed by atoms with Crippen molar-refractivity contribution in [1.29, 1.82) is 0 Å². The fourth-order valence-electron chi connectivity index (χ4n) is 4.09. The highest BCUT2D eigenvalue weighted by Crippen LogP contribution is 2.36. The third kappa shape index (κ3) is 2.76. The molecule has 4 nitrogen and oxygen atoms in total. The molecule has 1 fully saturated rings. The summed E-state index contributed by atoms with van der Waals surface area (Å²) in [7, 11) is 1.88. The maximum Gasteiger partial charge on any atom is 0.253 e. The van der Waals surface area contributed by atoms with Crippen molar-refractivity contribution >= 4 is 11.7 Å². The van der Waals surface area contributed by atoms with Crippen molar-refractivity contribution < 1.29 is 9.59 Å². The molecule has 0 radical (unpaired) electrons. The number of carbonyl (C=O) groups is 2. The summed E-state index contributed by atoms with van der Waals surface area (Å²) in [4.78, 5) is 26.4. The number of Topliss-reactive ketones (excluding diaryl/α,β-unsaturated/α-hetero) is 1. The van der Waals surface area contributed by atoms with Crippen LogP contribution >= 0.6 is 0 Å². The molecule has 1 saturated heterocycles. The summed E-state index contributed by atoms with van der Waals surface area (Å²) in [6, 6.07) is 13.8. The summed E-state index contributed by atoms with van der Waals surface area (Å²) in [5.41, 5.74) is 4.58. The Labute approximate surface area is 147 Å². The van der Waals surface area contributed by atoms with Gasteiger partial charge in [-0.1, -0.05) is 30.3 Å². The second-order valence-electron chi connectivity index (χ2n) is 7.15. The third-order valence-corrected chi connectivity index (χ3v) is 5.48. The van der Waals surface area contributed by atoms with Gasteiger partial charge in [-0.15, -0.1) is 0 Å². The van der Waals surface area contributed by atoms with Crippen LogP contribution in [0.25, 0.3) is 11.1 Å². The molecular formula is C21H22N2O2. The number of nitrogens with zero attached hydrogens (tertiary/aromatic N) is 1. The molecule has 2 aromatic rings. The lowest BCUT2D eigenvalue weighted by molar-refractivity contribution is 0.0784. The fraction of sp³-hybridized carbons (Fsp3) is 0.333. The Morgan fingerprint density at radius 3 is 2.72 bits per heavy atom. The molecule has 1 amide bonds. The molecule has 128 valence electrons. The molecule has 25 heavy (non-hydrogen) atoms. The minimum Gasteiger partial charge on any atom is -0.341 e. The number of hydrogen-bond acceptors (Lipinski definition) is 3. The van der Waals surface area contributed by atoms with Gasteiger partial charge in [0.1, 0.15) is 0 Å². The van der Waals surface area contributed by atoms with Gasteiger partial charge in [-0.2, -0.15) is 0 Å².